The summed E-state index contributed by atoms with van der Waals surface area (Å²) in [6.45, 7) is 6.27. The van der Waals surface area contributed by atoms with Gasteiger partial charge >= 0.3 is 0 Å². The summed E-state index contributed by atoms with van der Waals surface area (Å²) in [6, 6.07) is 0.468. The first-order chi connectivity index (χ1) is 7.77. The zero-order chi connectivity index (χ0) is 11.5. The predicted molar refractivity (Wildman–Crippen MR) is 69.4 cm³/mol. The van der Waals surface area contributed by atoms with Gasteiger partial charge in [0.05, 0.1) is 22.4 Å². The Labute approximate surface area is 106 Å². The molecule has 1 atom stereocenters. The smallest absolute Gasteiger partial charge is 0.0698 e. The van der Waals surface area contributed by atoms with E-state index >= 15 is 0 Å². The van der Waals surface area contributed by atoms with Gasteiger partial charge in [0.2, 0.25) is 0 Å². The molecule has 0 saturated heterocycles. The van der Waals surface area contributed by atoms with Crippen LogP contribution in [0.15, 0.2) is 10.7 Å². The molecule has 4 heteroatoms. The molecule has 0 spiro atoms. The number of nitrogens with zero attached hydrogens (tertiary/aromatic N) is 2. The topological polar surface area (TPSA) is 29.9 Å². The highest BCUT2D eigenvalue weighted by Gasteiger charge is 2.31. The molecule has 90 valence electrons. The van der Waals surface area contributed by atoms with Crippen LogP contribution in [0.25, 0.3) is 0 Å². The van der Waals surface area contributed by atoms with Gasteiger partial charge in [-0.2, -0.15) is 5.10 Å². The third-order valence-electron chi connectivity index (χ3n) is 3.47. The monoisotopic (exact) mass is 285 g/mol. The molecule has 1 aliphatic rings. The molecule has 0 aliphatic heterocycles. The Kier molecular flexibility index (Phi) is 4.03. The number of nitrogens with one attached hydrogen (secondary N) is 1. The standard InChI is InChI=1S/C12H20BrN3/c1-3-14-11(9-6-5-7-9)12-10(13)8-15-16(12)4-2/h8-9,11,14H,3-7H2,1-2H3. The molecule has 1 heterocycles. The van der Waals surface area contributed by atoms with E-state index < -0.39 is 0 Å². The molecule has 1 saturated carbocycles. The Morgan fingerprint density at radius 3 is 2.81 bits per heavy atom. The average molecular weight is 286 g/mol. The van der Waals surface area contributed by atoms with Crippen molar-refractivity contribution in [3.05, 3.63) is 16.4 Å². The van der Waals surface area contributed by atoms with Crippen LogP contribution in [0.4, 0.5) is 0 Å². The molecule has 2 rings (SSSR count). The van der Waals surface area contributed by atoms with E-state index in [1.165, 1.54) is 25.0 Å². The van der Waals surface area contributed by atoms with E-state index in [0.29, 0.717) is 6.04 Å². The molecule has 1 N–H and O–H groups in total. The third kappa shape index (κ3) is 2.18. The largest absolute Gasteiger partial charge is 0.309 e. The van der Waals surface area contributed by atoms with E-state index in [0.717, 1.165) is 23.5 Å². The zero-order valence-electron chi connectivity index (χ0n) is 10.0. The van der Waals surface area contributed by atoms with Gasteiger partial charge in [-0.25, -0.2) is 0 Å². The lowest BCUT2D eigenvalue weighted by molar-refractivity contribution is 0.223. The maximum atomic E-state index is 4.41. The lowest BCUT2D eigenvalue weighted by atomic mass is 9.78. The third-order valence-corrected chi connectivity index (χ3v) is 4.08. The van der Waals surface area contributed by atoms with Gasteiger partial charge in [0.15, 0.2) is 0 Å². The Hall–Kier alpha value is -0.350. The minimum Gasteiger partial charge on any atom is -0.309 e. The predicted octanol–water partition coefficient (Wildman–Crippen LogP) is 3.12. The molecular formula is C12H20BrN3. The van der Waals surface area contributed by atoms with Crippen molar-refractivity contribution in [1.82, 2.24) is 15.1 Å². The van der Waals surface area contributed by atoms with E-state index in [1.807, 2.05) is 6.20 Å². The molecule has 1 aromatic rings. The molecule has 3 nitrogen and oxygen atoms in total. The molecular weight excluding hydrogens is 266 g/mol. The van der Waals surface area contributed by atoms with Crippen LogP contribution in [0.1, 0.15) is 44.8 Å². The van der Waals surface area contributed by atoms with Crippen molar-refractivity contribution < 1.29 is 0 Å². The first kappa shape index (κ1) is 12.1. The normalized spacial score (nSPS) is 18.4. The Morgan fingerprint density at radius 1 is 1.56 bits per heavy atom. The summed E-state index contributed by atoms with van der Waals surface area (Å²) in [7, 11) is 0. The quantitative estimate of drug-likeness (QED) is 0.901. The van der Waals surface area contributed by atoms with Crippen molar-refractivity contribution in [2.24, 2.45) is 5.92 Å². The molecule has 1 unspecified atom stereocenters. The van der Waals surface area contributed by atoms with Crippen LogP contribution in [0.3, 0.4) is 0 Å². The van der Waals surface area contributed by atoms with Crippen molar-refractivity contribution in [3.63, 3.8) is 0 Å². The lowest BCUT2D eigenvalue weighted by Crippen LogP contribution is -2.34. The minimum absolute atomic E-state index is 0.468. The summed E-state index contributed by atoms with van der Waals surface area (Å²) in [5, 5.41) is 8.02. The second kappa shape index (κ2) is 5.32. The van der Waals surface area contributed by atoms with Crippen LogP contribution in [-0.4, -0.2) is 16.3 Å². The summed E-state index contributed by atoms with van der Waals surface area (Å²) < 4.78 is 3.25. The van der Waals surface area contributed by atoms with E-state index in [4.69, 9.17) is 0 Å². The Bertz CT molecular complexity index is 344. The van der Waals surface area contributed by atoms with Crippen LogP contribution in [0, 0.1) is 5.92 Å². The van der Waals surface area contributed by atoms with Gasteiger partial charge in [0.25, 0.3) is 0 Å². The number of rotatable bonds is 5. The van der Waals surface area contributed by atoms with Gasteiger partial charge in [-0.05, 0) is 48.2 Å². The van der Waals surface area contributed by atoms with Crippen molar-refractivity contribution in [2.75, 3.05) is 6.54 Å². The van der Waals surface area contributed by atoms with E-state index in [9.17, 15) is 0 Å². The van der Waals surface area contributed by atoms with Crippen molar-refractivity contribution in [2.45, 2.75) is 45.7 Å². The maximum absolute atomic E-state index is 4.41. The fourth-order valence-corrected chi connectivity index (χ4v) is 2.96. The van der Waals surface area contributed by atoms with Crippen molar-refractivity contribution in [1.29, 1.82) is 0 Å². The summed E-state index contributed by atoms with van der Waals surface area (Å²) in [4.78, 5) is 0. The van der Waals surface area contributed by atoms with Crippen LogP contribution < -0.4 is 5.32 Å². The van der Waals surface area contributed by atoms with E-state index in [1.54, 1.807) is 0 Å². The molecule has 16 heavy (non-hydrogen) atoms. The SMILES string of the molecule is CCNC(c1c(Br)cnn1CC)C1CCC1. The second-order valence-corrected chi connectivity index (χ2v) is 5.27. The minimum atomic E-state index is 0.468. The van der Waals surface area contributed by atoms with Gasteiger partial charge in [-0.1, -0.05) is 13.3 Å². The number of aryl methyl sites for hydroxylation is 1. The van der Waals surface area contributed by atoms with E-state index in [2.05, 4.69) is 44.9 Å². The molecule has 0 aromatic carbocycles. The van der Waals surface area contributed by atoms with Crippen LogP contribution >= 0.6 is 15.9 Å². The summed E-state index contributed by atoms with van der Waals surface area (Å²) >= 11 is 3.63. The van der Waals surface area contributed by atoms with Crippen LogP contribution in [-0.2, 0) is 6.54 Å². The summed E-state index contributed by atoms with van der Waals surface area (Å²) in [6.07, 6.45) is 5.99. The van der Waals surface area contributed by atoms with Gasteiger partial charge in [0.1, 0.15) is 0 Å². The number of halogens is 1. The molecule has 0 bridgehead atoms. The van der Waals surface area contributed by atoms with Crippen molar-refractivity contribution in [3.8, 4) is 0 Å². The summed E-state index contributed by atoms with van der Waals surface area (Å²) in [5.41, 5.74) is 1.33. The second-order valence-electron chi connectivity index (χ2n) is 4.42. The molecule has 1 aromatic heterocycles. The van der Waals surface area contributed by atoms with E-state index in [-0.39, 0.29) is 0 Å². The van der Waals surface area contributed by atoms with Gasteiger partial charge in [-0.3, -0.25) is 4.68 Å². The zero-order valence-corrected chi connectivity index (χ0v) is 11.6. The summed E-state index contributed by atoms with van der Waals surface area (Å²) in [5.74, 6) is 0.790. The lowest BCUT2D eigenvalue weighted by Gasteiger charge is -2.34. The first-order valence-electron chi connectivity index (χ1n) is 6.22. The average Bonchev–Trinajstić information content (AvgIpc) is 2.56. The van der Waals surface area contributed by atoms with Crippen LogP contribution in [0.5, 0.6) is 0 Å². The molecule has 0 amide bonds. The highest BCUT2D eigenvalue weighted by Crippen LogP contribution is 2.39. The number of aromatic nitrogens is 2. The van der Waals surface area contributed by atoms with Gasteiger partial charge < -0.3 is 5.32 Å². The van der Waals surface area contributed by atoms with Gasteiger partial charge in [-0.15, -0.1) is 0 Å². The molecule has 1 fully saturated rings. The first-order valence-corrected chi connectivity index (χ1v) is 7.01. The fourth-order valence-electron chi connectivity index (χ4n) is 2.41. The van der Waals surface area contributed by atoms with Crippen molar-refractivity contribution >= 4 is 15.9 Å². The fraction of sp³-hybridized carbons (Fsp3) is 0.750. The molecule has 0 radical (unpaired) electrons. The highest BCUT2D eigenvalue weighted by molar-refractivity contribution is 9.10. The van der Waals surface area contributed by atoms with Crippen LogP contribution in [0.2, 0.25) is 0 Å². The Morgan fingerprint density at radius 2 is 2.31 bits per heavy atom. The van der Waals surface area contributed by atoms with Gasteiger partial charge in [0, 0.05) is 6.54 Å². The number of hydrogen-bond donors (Lipinski definition) is 1. The molecule has 1 aliphatic carbocycles. The Balaban J connectivity index is 2.25. The maximum Gasteiger partial charge on any atom is 0.0698 e. The highest BCUT2D eigenvalue weighted by atomic mass is 79.9. The number of hydrogen-bond acceptors (Lipinski definition) is 2.